The van der Waals surface area contributed by atoms with Crippen LogP contribution in [0.1, 0.15) is 25.5 Å². The Bertz CT molecular complexity index is 306. The average Bonchev–Trinajstić information content (AvgIpc) is 2.15. The summed E-state index contributed by atoms with van der Waals surface area (Å²) in [5, 5.41) is 0.660. The molecule has 0 aliphatic heterocycles. The Morgan fingerprint density at radius 2 is 2.00 bits per heavy atom. The predicted molar refractivity (Wildman–Crippen MR) is 56.5 cm³/mol. The van der Waals surface area contributed by atoms with Crippen LogP contribution in [0.25, 0.3) is 0 Å². The molecule has 1 unspecified atom stereocenters. The van der Waals surface area contributed by atoms with Crippen molar-refractivity contribution >= 4 is 17.4 Å². The van der Waals surface area contributed by atoms with Crippen LogP contribution in [0.2, 0.25) is 5.02 Å². The Labute approximate surface area is 88.8 Å². The lowest BCUT2D eigenvalue weighted by Crippen LogP contribution is -2.12. The Morgan fingerprint density at radius 1 is 1.43 bits per heavy atom. The molecule has 0 radical (unpaired) electrons. The van der Waals surface area contributed by atoms with Gasteiger partial charge in [-0.1, -0.05) is 23.7 Å². The molecule has 0 aromatic heterocycles. The lowest BCUT2D eigenvalue weighted by Gasteiger charge is -2.13. The van der Waals surface area contributed by atoms with Gasteiger partial charge in [0, 0.05) is 11.6 Å². The van der Waals surface area contributed by atoms with Crippen molar-refractivity contribution < 1.29 is 9.53 Å². The maximum Gasteiger partial charge on any atom is 0.163 e. The molecule has 0 spiro atoms. The minimum absolute atomic E-state index is 0.00849. The van der Waals surface area contributed by atoms with Crippen LogP contribution in [-0.2, 0) is 9.53 Å². The van der Waals surface area contributed by atoms with E-state index in [1.165, 1.54) is 6.92 Å². The highest BCUT2D eigenvalue weighted by Gasteiger charge is 2.15. The Hall–Kier alpha value is -0.860. The number of benzene rings is 1. The van der Waals surface area contributed by atoms with E-state index in [0.29, 0.717) is 11.6 Å². The van der Waals surface area contributed by atoms with E-state index in [2.05, 4.69) is 0 Å². The number of hydrogen-bond donors (Lipinski definition) is 0. The summed E-state index contributed by atoms with van der Waals surface area (Å²) in [6.45, 7) is 3.91. The average molecular weight is 213 g/mol. The van der Waals surface area contributed by atoms with Crippen LogP contribution in [0.15, 0.2) is 24.3 Å². The van der Waals surface area contributed by atoms with E-state index >= 15 is 0 Å². The summed E-state index contributed by atoms with van der Waals surface area (Å²) >= 11 is 5.75. The third kappa shape index (κ3) is 2.82. The van der Waals surface area contributed by atoms with E-state index in [1.54, 1.807) is 12.1 Å². The van der Waals surface area contributed by atoms with Gasteiger partial charge in [-0.15, -0.1) is 0 Å². The smallest absolute Gasteiger partial charge is 0.163 e. The first-order valence-electron chi connectivity index (χ1n) is 4.52. The van der Waals surface area contributed by atoms with E-state index in [-0.39, 0.29) is 5.78 Å². The molecular weight excluding hydrogens is 200 g/mol. The SMILES string of the molecule is CCOC(C(C)=O)c1ccc(Cl)cc1. The summed E-state index contributed by atoms with van der Waals surface area (Å²) in [7, 11) is 0. The number of ketones is 1. The lowest BCUT2D eigenvalue weighted by atomic mass is 10.1. The van der Waals surface area contributed by atoms with Crippen LogP contribution >= 0.6 is 11.6 Å². The summed E-state index contributed by atoms with van der Waals surface area (Å²) in [5.41, 5.74) is 0.851. The summed E-state index contributed by atoms with van der Waals surface area (Å²) in [6.07, 6.45) is -0.461. The molecule has 1 aromatic carbocycles. The summed E-state index contributed by atoms with van der Waals surface area (Å²) in [5.74, 6) is 0.00849. The number of hydrogen-bond acceptors (Lipinski definition) is 2. The minimum Gasteiger partial charge on any atom is -0.366 e. The molecule has 0 heterocycles. The van der Waals surface area contributed by atoms with Gasteiger partial charge in [-0.2, -0.15) is 0 Å². The molecule has 0 aliphatic rings. The fraction of sp³-hybridized carbons (Fsp3) is 0.364. The first-order valence-corrected chi connectivity index (χ1v) is 4.90. The van der Waals surface area contributed by atoms with Gasteiger partial charge in [0.2, 0.25) is 0 Å². The van der Waals surface area contributed by atoms with Crippen LogP contribution in [0.4, 0.5) is 0 Å². The van der Waals surface area contributed by atoms with Crippen molar-refractivity contribution in [2.75, 3.05) is 6.61 Å². The third-order valence-corrected chi connectivity index (χ3v) is 2.13. The van der Waals surface area contributed by atoms with Crippen molar-refractivity contribution in [3.8, 4) is 0 Å². The second-order valence-corrected chi connectivity index (χ2v) is 3.43. The maximum absolute atomic E-state index is 11.3. The normalized spacial score (nSPS) is 12.5. The topological polar surface area (TPSA) is 26.3 Å². The number of carbonyl (C=O) groups is 1. The predicted octanol–water partition coefficient (Wildman–Crippen LogP) is 3.01. The van der Waals surface area contributed by atoms with Gasteiger partial charge < -0.3 is 4.74 Å². The maximum atomic E-state index is 11.3. The monoisotopic (exact) mass is 212 g/mol. The second-order valence-electron chi connectivity index (χ2n) is 3.00. The molecule has 1 rings (SSSR count). The van der Waals surface area contributed by atoms with Crippen molar-refractivity contribution in [1.82, 2.24) is 0 Å². The number of ether oxygens (including phenoxy) is 1. The first kappa shape index (κ1) is 11.2. The molecule has 1 atom stereocenters. The van der Waals surface area contributed by atoms with E-state index in [0.717, 1.165) is 5.56 Å². The van der Waals surface area contributed by atoms with Crippen LogP contribution in [0.3, 0.4) is 0 Å². The highest BCUT2D eigenvalue weighted by atomic mass is 35.5. The Balaban J connectivity index is 2.87. The molecule has 0 N–H and O–H groups in total. The molecule has 0 bridgehead atoms. The summed E-state index contributed by atoms with van der Waals surface area (Å²) in [4.78, 5) is 11.3. The molecule has 76 valence electrons. The van der Waals surface area contributed by atoms with Crippen LogP contribution in [0.5, 0.6) is 0 Å². The zero-order valence-electron chi connectivity index (χ0n) is 8.29. The highest BCUT2D eigenvalue weighted by molar-refractivity contribution is 6.30. The standard InChI is InChI=1S/C11H13ClO2/c1-3-14-11(8(2)13)9-4-6-10(12)7-5-9/h4-7,11H,3H2,1-2H3. The number of carbonyl (C=O) groups excluding carboxylic acids is 1. The molecule has 0 amide bonds. The van der Waals surface area contributed by atoms with E-state index in [4.69, 9.17) is 16.3 Å². The summed E-state index contributed by atoms with van der Waals surface area (Å²) in [6, 6.07) is 7.13. The number of rotatable bonds is 4. The van der Waals surface area contributed by atoms with E-state index in [9.17, 15) is 4.79 Å². The number of halogens is 1. The van der Waals surface area contributed by atoms with Gasteiger partial charge in [0.1, 0.15) is 6.10 Å². The van der Waals surface area contributed by atoms with Crippen molar-refractivity contribution in [3.05, 3.63) is 34.9 Å². The Morgan fingerprint density at radius 3 is 2.43 bits per heavy atom. The first-order chi connectivity index (χ1) is 6.65. The van der Waals surface area contributed by atoms with Crippen molar-refractivity contribution in [2.24, 2.45) is 0 Å². The molecule has 0 saturated heterocycles. The molecule has 1 aromatic rings. The fourth-order valence-corrected chi connectivity index (χ4v) is 1.38. The molecule has 0 aliphatic carbocycles. The van der Waals surface area contributed by atoms with Gasteiger partial charge in [0.25, 0.3) is 0 Å². The van der Waals surface area contributed by atoms with E-state index in [1.807, 2.05) is 19.1 Å². The molecule has 0 saturated carbocycles. The molecule has 0 fully saturated rings. The Kier molecular flexibility index (Phi) is 4.11. The van der Waals surface area contributed by atoms with Crippen LogP contribution in [0, 0.1) is 0 Å². The number of Topliss-reactive ketones (excluding diaryl/α,β-unsaturated/α-hetero) is 1. The van der Waals surface area contributed by atoms with Crippen LogP contribution < -0.4 is 0 Å². The van der Waals surface area contributed by atoms with Crippen molar-refractivity contribution in [3.63, 3.8) is 0 Å². The molecule has 3 heteroatoms. The fourth-order valence-electron chi connectivity index (χ4n) is 1.25. The highest BCUT2D eigenvalue weighted by Crippen LogP contribution is 2.20. The third-order valence-electron chi connectivity index (χ3n) is 1.88. The van der Waals surface area contributed by atoms with Crippen molar-refractivity contribution in [2.45, 2.75) is 20.0 Å². The van der Waals surface area contributed by atoms with Gasteiger partial charge in [0.05, 0.1) is 0 Å². The molecule has 2 nitrogen and oxygen atoms in total. The summed E-state index contributed by atoms with van der Waals surface area (Å²) < 4.78 is 5.34. The quantitative estimate of drug-likeness (QED) is 0.767. The van der Waals surface area contributed by atoms with Crippen molar-refractivity contribution in [1.29, 1.82) is 0 Å². The minimum atomic E-state index is -0.461. The lowest BCUT2D eigenvalue weighted by molar-refractivity contribution is -0.128. The van der Waals surface area contributed by atoms with Crippen LogP contribution in [-0.4, -0.2) is 12.4 Å². The van der Waals surface area contributed by atoms with Gasteiger partial charge >= 0.3 is 0 Å². The largest absolute Gasteiger partial charge is 0.366 e. The zero-order chi connectivity index (χ0) is 10.6. The molecule has 14 heavy (non-hydrogen) atoms. The second kappa shape index (κ2) is 5.13. The van der Waals surface area contributed by atoms with Gasteiger partial charge in [-0.25, -0.2) is 0 Å². The zero-order valence-corrected chi connectivity index (χ0v) is 9.04. The van der Waals surface area contributed by atoms with E-state index < -0.39 is 6.10 Å². The van der Waals surface area contributed by atoms with Gasteiger partial charge in [-0.05, 0) is 31.5 Å². The van der Waals surface area contributed by atoms with Gasteiger partial charge in [-0.3, -0.25) is 4.79 Å². The van der Waals surface area contributed by atoms with Gasteiger partial charge in [0.15, 0.2) is 5.78 Å². The molecular formula is C11H13ClO2.